The molecule has 96 valence electrons. The minimum atomic E-state index is 0.646. The van der Waals surface area contributed by atoms with Crippen molar-refractivity contribution in [3.63, 3.8) is 0 Å². The molecule has 1 fully saturated rings. The van der Waals surface area contributed by atoms with Gasteiger partial charge in [0.1, 0.15) is 0 Å². The van der Waals surface area contributed by atoms with Crippen molar-refractivity contribution in [2.75, 3.05) is 0 Å². The number of aryl methyl sites for hydroxylation is 2. The summed E-state index contributed by atoms with van der Waals surface area (Å²) in [6.45, 7) is 9.73. The van der Waals surface area contributed by atoms with Gasteiger partial charge in [-0.1, -0.05) is 6.42 Å². The van der Waals surface area contributed by atoms with Crippen LogP contribution in [0.5, 0.6) is 0 Å². The summed E-state index contributed by atoms with van der Waals surface area (Å²) in [6, 6.07) is 1.29. The molecule has 1 aliphatic rings. The normalized spacial score (nSPS) is 26.4. The SMILES string of the molecule is Cc1nc(C)c(CNN2C(C)CCCC2C)s1. The number of rotatable bonds is 3. The summed E-state index contributed by atoms with van der Waals surface area (Å²) in [5.74, 6) is 0. The third-order valence-electron chi connectivity index (χ3n) is 3.62. The van der Waals surface area contributed by atoms with Crippen molar-refractivity contribution in [2.24, 2.45) is 0 Å². The lowest BCUT2D eigenvalue weighted by Crippen LogP contribution is -2.51. The van der Waals surface area contributed by atoms with Gasteiger partial charge in [-0.05, 0) is 40.5 Å². The van der Waals surface area contributed by atoms with Gasteiger partial charge in [0.05, 0.1) is 10.7 Å². The summed E-state index contributed by atoms with van der Waals surface area (Å²) in [5.41, 5.74) is 4.77. The monoisotopic (exact) mass is 253 g/mol. The van der Waals surface area contributed by atoms with Crippen molar-refractivity contribution in [3.8, 4) is 0 Å². The van der Waals surface area contributed by atoms with Gasteiger partial charge in [0.15, 0.2) is 0 Å². The molecular formula is C13H23N3S. The van der Waals surface area contributed by atoms with E-state index in [1.807, 2.05) is 0 Å². The molecule has 2 heterocycles. The molecule has 2 unspecified atom stereocenters. The third kappa shape index (κ3) is 3.06. The van der Waals surface area contributed by atoms with E-state index < -0.39 is 0 Å². The van der Waals surface area contributed by atoms with Gasteiger partial charge in [0, 0.05) is 23.5 Å². The largest absolute Gasteiger partial charge is 0.249 e. The van der Waals surface area contributed by atoms with Crippen molar-refractivity contribution in [2.45, 2.75) is 65.6 Å². The van der Waals surface area contributed by atoms with E-state index in [4.69, 9.17) is 0 Å². The second-order valence-corrected chi connectivity index (χ2v) is 6.40. The maximum Gasteiger partial charge on any atom is 0.0900 e. The Morgan fingerprint density at radius 3 is 2.47 bits per heavy atom. The number of nitrogens with one attached hydrogen (secondary N) is 1. The van der Waals surface area contributed by atoms with E-state index in [-0.39, 0.29) is 0 Å². The van der Waals surface area contributed by atoms with Crippen molar-refractivity contribution < 1.29 is 0 Å². The molecule has 0 bridgehead atoms. The second-order valence-electron chi connectivity index (χ2n) is 5.11. The lowest BCUT2D eigenvalue weighted by atomic mass is 10.00. The molecule has 1 aromatic rings. The average Bonchev–Trinajstić information content (AvgIpc) is 2.57. The number of piperidine rings is 1. The Morgan fingerprint density at radius 2 is 1.94 bits per heavy atom. The maximum absolute atomic E-state index is 4.47. The van der Waals surface area contributed by atoms with Crippen LogP contribution in [0.15, 0.2) is 0 Å². The third-order valence-corrected chi connectivity index (χ3v) is 4.69. The maximum atomic E-state index is 4.47. The molecule has 0 spiro atoms. The Kier molecular flexibility index (Phi) is 4.17. The number of hydrogen-bond acceptors (Lipinski definition) is 4. The number of thiazole rings is 1. The highest BCUT2D eigenvalue weighted by Gasteiger charge is 2.24. The molecule has 2 rings (SSSR count). The zero-order valence-electron chi connectivity index (χ0n) is 11.3. The standard InChI is InChI=1S/C13H23N3S/c1-9-6-5-7-10(2)16(9)14-8-13-11(3)15-12(4)17-13/h9-10,14H,5-8H2,1-4H3. The Hall–Kier alpha value is -0.450. The van der Waals surface area contributed by atoms with Crippen LogP contribution in [0.2, 0.25) is 0 Å². The predicted octanol–water partition coefficient (Wildman–Crippen LogP) is 3.03. The van der Waals surface area contributed by atoms with Gasteiger partial charge in [-0.2, -0.15) is 0 Å². The first-order chi connectivity index (χ1) is 8.08. The van der Waals surface area contributed by atoms with Crippen LogP contribution < -0.4 is 5.43 Å². The smallest absolute Gasteiger partial charge is 0.0900 e. The van der Waals surface area contributed by atoms with E-state index in [2.05, 4.69) is 43.1 Å². The van der Waals surface area contributed by atoms with Gasteiger partial charge in [0.25, 0.3) is 0 Å². The molecule has 0 aliphatic carbocycles. The summed E-state index contributed by atoms with van der Waals surface area (Å²) in [4.78, 5) is 5.84. The predicted molar refractivity (Wildman–Crippen MR) is 73.0 cm³/mol. The van der Waals surface area contributed by atoms with Gasteiger partial charge >= 0.3 is 0 Å². The van der Waals surface area contributed by atoms with Crippen LogP contribution in [-0.2, 0) is 6.54 Å². The van der Waals surface area contributed by atoms with Crippen LogP contribution in [0, 0.1) is 13.8 Å². The highest BCUT2D eigenvalue weighted by atomic mass is 32.1. The molecule has 1 aromatic heterocycles. The quantitative estimate of drug-likeness (QED) is 0.897. The molecule has 1 saturated heterocycles. The van der Waals surface area contributed by atoms with Crippen LogP contribution in [0.1, 0.15) is 48.7 Å². The van der Waals surface area contributed by atoms with Crippen molar-refractivity contribution in [1.29, 1.82) is 0 Å². The van der Waals surface area contributed by atoms with Gasteiger partial charge < -0.3 is 0 Å². The zero-order chi connectivity index (χ0) is 12.4. The molecule has 2 atom stereocenters. The van der Waals surface area contributed by atoms with Gasteiger partial charge in [-0.15, -0.1) is 11.3 Å². The first kappa shape index (κ1) is 13.0. The van der Waals surface area contributed by atoms with Crippen molar-refractivity contribution in [1.82, 2.24) is 15.4 Å². The summed E-state index contributed by atoms with van der Waals surface area (Å²) in [7, 11) is 0. The molecular weight excluding hydrogens is 230 g/mol. The fraction of sp³-hybridized carbons (Fsp3) is 0.769. The minimum absolute atomic E-state index is 0.646. The first-order valence-corrected chi connectivity index (χ1v) is 7.34. The summed E-state index contributed by atoms with van der Waals surface area (Å²) in [6.07, 6.45) is 3.97. The lowest BCUT2D eigenvalue weighted by Gasteiger charge is -2.39. The van der Waals surface area contributed by atoms with Crippen LogP contribution in [0.3, 0.4) is 0 Å². The fourth-order valence-corrected chi connectivity index (χ4v) is 3.50. The van der Waals surface area contributed by atoms with Crippen LogP contribution in [-0.4, -0.2) is 22.1 Å². The highest BCUT2D eigenvalue weighted by molar-refractivity contribution is 7.11. The summed E-state index contributed by atoms with van der Waals surface area (Å²) in [5, 5.41) is 3.59. The second kappa shape index (κ2) is 5.46. The van der Waals surface area contributed by atoms with E-state index in [0.29, 0.717) is 12.1 Å². The molecule has 1 aliphatic heterocycles. The van der Waals surface area contributed by atoms with E-state index in [0.717, 1.165) is 6.54 Å². The number of nitrogens with zero attached hydrogens (tertiary/aromatic N) is 2. The van der Waals surface area contributed by atoms with E-state index in [9.17, 15) is 0 Å². The fourth-order valence-electron chi connectivity index (χ4n) is 2.63. The van der Waals surface area contributed by atoms with Crippen molar-refractivity contribution >= 4 is 11.3 Å². The topological polar surface area (TPSA) is 28.2 Å². The van der Waals surface area contributed by atoms with Crippen LogP contribution in [0.25, 0.3) is 0 Å². The molecule has 17 heavy (non-hydrogen) atoms. The molecule has 0 aromatic carbocycles. The Morgan fingerprint density at radius 1 is 1.29 bits per heavy atom. The van der Waals surface area contributed by atoms with E-state index >= 15 is 0 Å². The highest BCUT2D eigenvalue weighted by Crippen LogP contribution is 2.22. The number of aromatic nitrogens is 1. The lowest BCUT2D eigenvalue weighted by molar-refractivity contribution is 0.0438. The molecule has 0 radical (unpaired) electrons. The zero-order valence-corrected chi connectivity index (χ0v) is 12.1. The van der Waals surface area contributed by atoms with E-state index in [1.165, 1.54) is 34.8 Å². The Bertz CT molecular complexity index is 365. The molecule has 1 N–H and O–H groups in total. The Balaban J connectivity index is 1.94. The summed E-state index contributed by atoms with van der Waals surface area (Å²) < 4.78 is 0. The molecule has 0 amide bonds. The van der Waals surface area contributed by atoms with Gasteiger partial charge in [0.2, 0.25) is 0 Å². The van der Waals surface area contributed by atoms with Gasteiger partial charge in [-0.3, -0.25) is 0 Å². The van der Waals surface area contributed by atoms with Gasteiger partial charge in [-0.25, -0.2) is 15.4 Å². The van der Waals surface area contributed by atoms with Crippen molar-refractivity contribution in [3.05, 3.63) is 15.6 Å². The molecule has 3 nitrogen and oxygen atoms in total. The average molecular weight is 253 g/mol. The first-order valence-electron chi connectivity index (χ1n) is 6.52. The molecule has 4 heteroatoms. The number of hydrazine groups is 1. The van der Waals surface area contributed by atoms with Crippen LogP contribution in [0.4, 0.5) is 0 Å². The Labute approximate surface area is 108 Å². The van der Waals surface area contributed by atoms with E-state index in [1.54, 1.807) is 11.3 Å². The molecule has 0 saturated carbocycles. The number of hydrogen-bond donors (Lipinski definition) is 1. The van der Waals surface area contributed by atoms with Crippen LogP contribution >= 0.6 is 11.3 Å². The summed E-state index contributed by atoms with van der Waals surface area (Å²) >= 11 is 1.81. The minimum Gasteiger partial charge on any atom is -0.249 e.